The number of hydrogen-bond donors (Lipinski definition) is 2. The first-order chi connectivity index (χ1) is 19.4. The molecule has 2 atom stereocenters. The number of halogens is 7. The SMILES string of the molecule is CN(C)C(=O)CC1=NNC(C[C@@H]2CCc3cc(C(O)(C(F)(F)F)C(F)(F)F)ccc3N2S(=O)(=O)c2ccc(F)cc2)O1. The number of fused-ring (bicyclic) bond motifs is 1. The van der Waals surface area contributed by atoms with Gasteiger partial charge in [0.25, 0.3) is 15.6 Å². The lowest BCUT2D eigenvalue weighted by Gasteiger charge is -2.40. The highest BCUT2D eigenvalue weighted by atomic mass is 32.2. The number of carbonyl (C=O) groups is 1. The van der Waals surface area contributed by atoms with Gasteiger partial charge in [-0.2, -0.15) is 26.3 Å². The number of nitrogens with zero attached hydrogens (tertiary/aromatic N) is 3. The second kappa shape index (κ2) is 10.9. The number of nitrogens with one attached hydrogen (secondary N) is 1. The largest absolute Gasteiger partial charge is 0.454 e. The first kappa shape index (κ1) is 31.3. The number of hydrogen-bond acceptors (Lipinski definition) is 7. The Kier molecular flexibility index (Phi) is 8.14. The Labute approximate surface area is 235 Å². The van der Waals surface area contributed by atoms with Crippen LogP contribution in [0.2, 0.25) is 0 Å². The number of ether oxygens (including phenoxy) is 1. The number of aliphatic hydroxyl groups is 1. The maximum Gasteiger partial charge on any atom is 0.430 e. The van der Waals surface area contributed by atoms with Gasteiger partial charge >= 0.3 is 12.4 Å². The average molecular weight is 627 g/mol. The van der Waals surface area contributed by atoms with E-state index in [-0.39, 0.29) is 53.6 Å². The molecule has 0 radical (unpaired) electrons. The Morgan fingerprint density at radius 2 is 1.71 bits per heavy atom. The fourth-order valence-electron chi connectivity index (χ4n) is 4.69. The number of carbonyl (C=O) groups excluding carboxylic acids is 1. The summed E-state index contributed by atoms with van der Waals surface area (Å²) in [7, 11) is -1.51. The molecule has 230 valence electrons. The second-order valence-electron chi connectivity index (χ2n) is 9.94. The Hall–Kier alpha value is -3.60. The van der Waals surface area contributed by atoms with E-state index < -0.39 is 51.6 Å². The predicted octanol–water partition coefficient (Wildman–Crippen LogP) is 3.78. The van der Waals surface area contributed by atoms with Crippen molar-refractivity contribution in [1.29, 1.82) is 0 Å². The molecule has 17 heteroatoms. The minimum absolute atomic E-state index is 0.0334. The van der Waals surface area contributed by atoms with Gasteiger partial charge in [-0.25, -0.2) is 12.8 Å². The lowest BCUT2D eigenvalue weighted by molar-refractivity contribution is -0.376. The molecule has 42 heavy (non-hydrogen) atoms. The molecule has 2 aromatic rings. The van der Waals surface area contributed by atoms with Gasteiger partial charge in [-0.1, -0.05) is 12.1 Å². The lowest BCUT2D eigenvalue weighted by Crippen LogP contribution is -2.54. The van der Waals surface area contributed by atoms with Crippen LogP contribution in [0.5, 0.6) is 0 Å². The van der Waals surface area contributed by atoms with Crippen LogP contribution < -0.4 is 9.73 Å². The second-order valence-corrected chi connectivity index (χ2v) is 11.8. The van der Waals surface area contributed by atoms with Gasteiger partial charge in [0.15, 0.2) is 6.23 Å². The van der Waals surface area contributed by atoms with E-state index in [1.54, 1.807) is 0 Å². The third-order valence-electron chi connectivity index (χ3n) is 6.90. The van der Waals surface area contributed by atoms with Crippen molar-refractivity contribution in [1.82, 2.24) is 10.3 Å². The van der Waals surface area contributed by atoms with Gasteiger partial charge in [0.05, 0.1) is 16.6 Å². The predicted molar refractivity (Wildman–Crippen MR) is 134 cm³/mol. The Morgan fingerprint density at radius 3 is 2.29 bits per heavy atom. The molecule has 2 aliphatic heterocycles. The molecule has 0 aliphatic carbocycles. The first-order valence-electron chi connectivity index (χ1n) is 12.3. The summed E-state index contributed by atoms with van der Waals surface area (Å²) in [5.41, 5.74) is -4.51. The van der Waals surface area contributed by atoms with E-state index in [2.05, 4.69) is 10.5 Å². The van der Waals surface area contributed by atoms with E-state index >= 15 is 0 Å². The molecule has 2 aromatic carbocycles. The first-order valence-corrected chi connectivity index (χ1v) is 13.8. The normalized spacial score (nSPS) is 19.5. The molecule has 2 heterocycles. The average Bonchev–Trinajstić information content (AvgIpc) is 3.32. The molecule has 0 saturated carbocycles. The standard InChI is InChI=1S/C25H25F7N4O5S/c1-35(2)22(37)13-21-34-33-20(41-21)12-17-7-3-14-11-15(23(38,24(27,28)29)25(30,31)32)4-10-19(14)36(17)42(39,40)18-8-5-16(26)6-9-18/h4-6,8-11,17,20,33,38H,3,7,12-13H2,1-2H3/t17-,20?/m0/s1. The molecule has 2 N–H and O–H groups in total. The highest BCUT2D eigenvalue weighted by Crippen LogP contribution is 2.51. The molecule has 1 amide bonds. The molecule has 9 nitrogen and oxygen atoms in total. The smallest absolute Gasteiger partial charge is 0.430 e. The van der Waals surface area contributed by atoms with Crippen LogP contribution >= 0.6 is 0 Å². The van der Waals surface area contributed by atoms with Gasteiger partial charge in [0, 0.05) is 26.1 Å². The van der Waals surface area contributed by atoms with Crippen LogP contribution in [0.1, 0.15) is 30.4 Å². The van der Waals surface area contributed by atoms with Crippen LogP contribution in [-0.2, 0) is 31.6 Å². The summed E-state index contributed by atoms with van der Waals surface area (Å²) >= 11 is 0. The Bertz CT molecular complexity index is 1460. The molecule has 0 fully saturated rings. The van der Waals surface area contributed by atoms with Crippen LogP contribution in [-0.4, -0.2) is 68.9 Å². The van der Waals surface area contributed by atoms with Crippen molar-refractivity contribution < 1.29 is 53.8 Å². The summed E-state index contributed by atoms with van der Waals surface area (Å²) in [5, 5.41) is 13.8. The van der Waals surface area contributed by atoms with Crippen molar-refractivity contribution in [2.24, 2.45) is 5.10 Å². The number of hydrazone groups is 1. The number of alkyl halides is 6. The van der Waals surface area contributed by atoms with E-state index in [1.165, 1.54) is 19.0 Å². The molecule has 0 saturated heterocycles. The number of benzene rings is 2. The maximum atomic E-state index is 13.8. The summed E-state index contributed by atoms with van der Waals surface area (Å²) in [4.78, 5) is 12.9. The Balaban J connectivity index is 1.73. The van der Waals surface area contributed by atoms with Crippen LogP contribution in [0.3, 0.4) is 0 Å². The van der Waals surface area contributed by atoms with Crippen molar-refractivity contribution >= 4 is 27.5 Å². The van der Waals surface area contributed by atoms with Gasteiger partial charge < -0.3 is 14.7 Å². The van der Waals surface area contributed by atoms with Crippen molar-refractivity contribution in [2.75, 3.05) is 18.4 Å². The van der Waals surface area contributed by atoms with Crippen LogP contribution in [0.15, 0.2) is 52.5 Å². The molecule has 2 aliphatic rings. The van der Waals surface area contributed by atoms with Crippen LogP contribution in [0, 0.1) is 5.82 Å². The highest BCUT2D eigenvalue weighted by molar-refractivity contribution is 7.92. The molecule has 4 rings (SSSR count). The summed E-state index contributed by atoms with van der Waals surface area (Å²) in [5.74, 6) is -1.03. The summed E-state index contributed by atoms with van der Waals surface area (Å²) in [6, 6.07) is 4.36. The number of aryl methyl sites for hydroxylation is 1. The maximum absolute atomic E-state index is 13.8. The summed E-state index contributed by atoms with van der Waals surface area (Å²) in [6.07, 6.45) is -13.7. The number of rotatable bonds is 7. The quantitative estimate of drug-likeness (QED) is 0.453. The van der Waals surface area contributed by atoms with Gasteiger partial charge in [0.1, 0.15) is 12.2 Å². The van der Waals surface area contributed by atoms with Gasteiger partial charge in [-0.15, -0.1) is 5.10 Å². The minimum Gasteiger partial charge on any atom is -0.454 e. The Morgan fingerprint density at radius 1 is 1.10 bits per heavy atom. The summed E-state index contributed by atoms with van der Waals surface area (Å²) in [6.45, 7) is 0. The van der Waals surface area contributed by atoms with E-state index in [0.29, 0.717) is 12.1 Å². The zero-order valence-electron chi connectivity index (χ0n) is 22.0. The van der Waals surface area contributed by atoms with Crippen molar-refractivity contribution in [3.05, 3.63) is 59.4 Å². The monoisotopic (exact) mass is 626 g/mol. The third-order valence-corrected chi connectivity index (χ3v) is 8.78. The molecule has 0 spiro atoms. The van der Waals surface area contributed by atoms with E-state index in [9.17, 15) is 49.1 Å². The molecule has 0 bridgehead atoms. The molecule has 0 aromatic heterocycles. The van der Waals surface area contributed by atoms with Crippen molar-refractivity contribution in [2.45, 2.75) is 60.8 Å². The zero-order valence-corrected chi connectivity index (χ0v) is 22.8. The number of amides is 1. The van der Waals surface area contributed by atoms with E-state index in [0.717, 1.165) is 34.6 Å². The molecular formula is C25H25F7N4O5S. The highest BCUT2D eigenvalue weighted by Gasteiger charge is 2.71. The molecule has 1 unspecified atom stereocenters. The molecular weight excluding hydrogens is 601 g/mol. The number of sulfonamides is 1. The van der Waals surface area contributed by atoms with Gasteiger partial charge in [-0.3, -0.25) is 14.5 Å². The summed E-state index contributed by atoms with van der Waals surface area (Å²) < 4.78 is 129. The fraction of sp³-hybridized carbons (Fsp3) is 0.440. The van der Waals surface area contributed by atoms with E-state index in [4.69, 9.17) is 4.74 Å². The topological polar surface area (TPSA) is 112 Å². The minimum atomic E-state index is -6.13. The van der Waals surface area contributed by atoms with E-state index in [1.807, 2.05) is 0 Å². The zero-order chi connectivity index (χ0) is 31.3. The van der Waals surface area contributed by atoms with Crippen LogP contribution in [0.25, 0.3) is 0 Å². The third kappa shape index (κ3) is 5.71. The van der Waals surface area contributed by atoms with Gasteiger partial charge in [0.2, 0.25) is 11.8 Å². The lowest BCUT2D eigenvalue weighted by atomic mass is 9.87. The fourth-order valence-corrected chi connectivity index (χ4v) is 6.42. The van der Waals surface area contributed by atoms with Crippen molar-refractivity contribution in [3.8, 4) is 0 Å². The van der Waals surface area contributed by atoms with Crippen molar-refractivity contribution in [3.63, 3.8) is 0 Å². The van der Waals surface area contributed by atoms with Crippen LogP contribution in [0.4, 0.5) is 36.4 Å². The van der Waals surface area contributed by atoms with Gasteiger partial charge in [-0.05, 0) is 48.7 Å². The number of anilines is 1.